The van der Waals surface area contributed by atoms with Gasteiger partial charge in [0.15, 0.2) is 17.5 Å². The number of hydrogen-bond donors (Lipinski definition) is 0. The summed E-state index contributed by atoms with van der Waals surface area (Å²) in [6.07, 6.45) is 6.57. The second-order valence-corrected chi connectivity index (χ2v) is 14.6. The monoisotopic (exact) mass is 733 g/mol. The number of rotatable bonds is 5. The minimum atomic E-state index is 0.581. The van der Waals surface area contributed by atoms with E-state index < -0.39 is 0 Å². The van der Waals surface area contributed by atoms with Crippen molar-refractivity contribution < 1.29 is 13.3 Å². The van der Waals surface area contributed by atoms with Crippen molar-refractivity contribution in [3.8, 4) is 34.2 Å². The van der Waals surface area contributed by atoms with Gasteiger partial charge in [0.1, 0.15) is 33.5 Å². The Morgan fingerprint density at radius 3 is 1.75 bits per heavy atom. The molecule has 4 aromatic heterocycles. The highest BCUT2D eigenvalue weighted by atomic mass is 16.3. The predicted molar refractivity (Wildman–Crippen MR) is 230 cm³/mol. The molecule has 6 heteroatoms. The highest BCUT2D eigenvalue weighted by Crippen LogP contribution is 2.39. The normalized spacial score (nSPS) is 13.3. The van der Waals surface area contributed by atoms with Gasteiger partial charge in [-0.25, -0.2) is 15.0 Å². The smallest absolute Gasteiger partial charge is 0.164 e. The lowest BCUT2D eigenvalue weighted by atomic mass is 9.90. The van der Waals surface area contributed by atoms with Gasteiger partial charge in [-0.1, -0.05) is 109 Å². The Morgan fingerprint density at radius 2 is 0.947 bits per heavy atom. The molecule has 1 aliphatic carbocycles. The molecule has 0 unspecified atom stereocenters. The molecule has 0 spiro atoms. The van der Waals surface area contributed by atoms with Crippen molar-refractivity contribution >= 4 is 77.0 Å². The number of nitrogens with zero attached hydrogens (tertiary/aromatic N) is 3. The molecule has 268 valence electrons. The lowest BCUT2D eigenvalue weighted by molar-refractivity contribution is 0.668. The molecule has 0 bridgehead atoms. The Bertz CT molecular complexity index is 3470. The summed E-state index contributed by atoms with van der Waals surface area (Å²) in [5.74, 6) is 1.76. The summed E-state index contributed by atoms with van der Waals surface area (Å²) < 4.78 is 18.6. The molecule has 0 N–H and O–H groups in total. The molecule has 11 aromatic rings. The zero-order chi connectivity index (χ0) is 37.5. The molecule has 7 aromatic carbocycles. The van der Waals surface area contributed by atoms with Gasteiger partial charge in [0.2, 0.25) is 0 Å². The van der Waals surface area contributed by atoms with Gasteiger partial charge < -0.3 is 13.3 Å². The zero-order valence-corrected chi connectivity index (χ0v) is 30.6. The fourth-order valence-corrected chi connectivity index (χ4v) is 8.45. The second kappa shape index (κ2) is 12.5. The van der Waals surface area contributed by atoms with E-state index in [0.717, 1.165) is 101 Å². The predicted octanol–water partition coefficient (Wildman–Crippen LogP) is 13.8. The minimum Gasteiger partial charge on any atom is -0.456 e. The van der Waals surface area contributed by atoms with Crippen molar-refractivity contribution in [1.82, 2.24) is 15.0 Å². The van der Waals surface area contributed by atoms with Crippen LogP contribution in [0.25, 0.3) is 111 Å². The summed E-state index contributed by atoms with van der Waals surface area (Å²) in [6, 6.07) is 51.8. The average Bonchev–Trinajstić information content (AvgIpc) is 3.97. The summed E-state index contributed by atoms with van der Waals surface area (Å²) in [5.41, 5.74) is 12.6. The van der Waals surface area contributed by atoms with Gasteiger partial charge in [-0.3, -0.25) is 0 Å². The molecule has 0 radical (unpaired) electrons. The van der Waals surface area contributed by atoms with Crippen LogP contribution in [0.1, 0.15) is 24.0 Å². The SMILES string of the molecule is C1=C(c2ccc(-c3nc(-c4ccc5oc6ccccc6c5c4)nc(-c4cccc5oc6ccccc6c45)n3)cc2)C=C(c2ccc3c(c2)oc2ccccc23)CC1. The van der Waals surface area contributed by atoms with E-state index in [1.54, 1.807) is 0 Å². The summed E-state index contributed by atoms with van der Waals surface area (Å²) in [4.78, 5) is 15.4. The van der Waals surface area contributed by atoms with E-state index >= 15 is 0 Å². The number of benzene rings is 7. The van der Waals surface area contributed by atoms with E-state index in [2.05, 4.69) is 91.0 Å². The minimum absolute atomic E-state index is 0.581. The molecule has 1 aliphatic rings. The molecule has 0 saturated carbocycles. The van der Waals surface area contributed by atoms with E-state index in [4.69, 9.17) is 28.2 Å². The maximum Gasteiger partial charge on any atom is 0.164 e. The molecule has 6 nitrogen and oxygen atoms in total. The molecule has 0 fully saturated rings. The maximum atomic E-state index is 6.27. The van der Waals surface area contributed by atoms with Crippen molar-refractivity contribution in [2.45, 2.75) is 12.8 Å². The van der Waals surface area contributed by atoms with Crippen LogP contribution in [0.2, 0.25) is 0 Å². The summed E-state index contributed by atoms with van der Waals surface area (Å²) >= 11 is 0. The fraction of sp³-hybridized carbons (Fsp3) is 0.0392. The Hall–Kier alpha value is -7.57. The van der Waals surface area contributed by atoms with Crippen LogP contribution in [0.15, 0.2) is 177 Å². The third-order valence-corrected chi connectivity index (χ3v) is 11.2. The van der Waals surface area contributed by atoms with Crippen LogP contribution in [0.4, 0.5) is 0 Å². The van der Waals surface area contributed by atoms with Crippen molar-refractivity contribution in [2.75, 3.05) is 0 Å². The highest BCUT2D eigenvalue weighted by Gasteiger charge is 2.19. The lowest BCUT2D eigenvalue weighted by Crippen LogP contribution is -2.00. The van der Waals surface area contributed by atoms with Gasteiger partial charge in [-0.15, -0.1) is 0 Å². The van der Waals surface area contributed by atoms with Gasteiger partial charge >= 0.3 is 0 Å². The Balaban J connectivity index is 0.954. The number of fused-ring (bicyclic) bond motifs is 9. The molecular weight excluding hydrogens is 703 g/mol. The van der Waals surface area contributed by atoms with Crippen molar-refractivity contribution in [3.05, 3.63) is 175 Å². The zero-order valence-electron chi connectivity index (χ0n) is 30.6. The van der Waals surface area contributed by atoms with E-state index in [-0.39, 0.29) is 0 Å². The second-order valence-electron chi connectivity index (χ2n) is 14.6. The first-order valence-corrected chi connectivity index (χ1v) is 19.2. The van der Waals surface area contributed by atoms with Crippen LogP contribution in [0.3, 0.4) is 0 Å². The Morgan fingerprint density at radius 1 is 0.386 bits per heavy atom. The molecule has 57 heavy (non-hydrogen) atoms. The number of aromatic nitrogens is 3. The molecule has 12 rings (SSSR count). The van der Waals surface area contributed by atoms with Crippen molar-refractivity contribution in [3.63, 3.8) is 0 Å². The molecular formula is C51H31N3O3. The first-order valence-electron chi connectivity index (χ1n) is 19.2. The molecule has 0 amide bonds. The van der Waals surface area contributed by atoms with E-state index in [1.807, 2.05) is 72.8 Å². The average molecular weight is 734 g/mol. The van der Waals surface area contributed by atoms with E-state index in [0.29, 0.717) is 17.5 Å². The third-order valence-electron chi connectivity index (χ3n) is 11.2. The number of para-hydroxylation sites is 3. The fourth-order valence-electron chi connectivity index (χ4n) is 8.45. The number of hydrogen-bond acceptors (Lipinski definition) is 6. The van der Waals surface area contributed by atoms with Crippen LogP contribution in [0, 0.1) is 0 Å². The molecule has 0 saturated heterocycles. The van der Waals surface area contributed by atoms with Crippen LogP contribution in [-0.4, -0.2) is 15.0 Å². The van der Waals surface area contributed by atoms with E-state index in [1.165, 1.54) is 16.7 Å². The lowest BCUT2D eigenvalue weighted by Gasteiger charge is -2.15. The molecule has 0 atom stereocenters. The van der Waals surface area contributed by atoms with Crippen molar-refractivity contribution in [1.29, 1.82) is 0 Å². The Kier molecular flexibility index (Phi) is 6.95. The summed E-state index contributed by atoms with van der Waals surface area (Å²) in [5, 5.41) is 6.37. The third kappa shape index (κ3) is 5.22. The number of allylic oxidation sites excluding steroid dienone is 4. The number of furan rings is 3. The van der Waals surface area contributed by atoms with Crippen LogP contribution < -0.4 is 0 Å². The van der Waals surface area contributed by atoms with E-state index in [9.17, 15) is 0 Å². The topological polar surface area (TPSA) is 78.1 Å². The standard InChI is InChI=1S/C51H31N3O3/c1-4-15-42-36(11-1)38-25-23-34(29-47(38)57-42)33-10-7-9-32(27-33)30-19-21-31(22-20-30)49-52-50(35-24-26-45-41(28-35)37-12-2-5-16-43(37)55-45)54-51(53-49)40-14-8-18-46-48(40)39-13-3-6-17-44(39)56-46/h1-6,8-9,11-29H,7,10H2. The van der Waals surface area contributed by atoms with Crippen LogP contribution in [-0.2, 0) is 0 Å². The maximum absolute atomic E-state index is 6.27. The van der Waals surface area contributed by atoms with Gasteiger partial charge in [0.25, 0.3) is 0 Å². The Labute approximate surface area is 326 Å². The first-order chi connectivity index (χ1) is 28.2. The van der Waals surface area contributed by atoms with Gasteiger partial charge in [0, 0.05) is 49.0 Å². The quantitative estimate of drug-likeness (QED) is 0.175. The highest BCUT2D eigenvalue weighted by molar-refractivity contribution is 6.12. The molecule has 4 heterocycles. The van der Waals surface area contributed by atoms with Crippen molar-refractivity contribution in [2.24, 2.45) is 0 Å². The molecule has 0 aliphatic heterocycles. The first kappa shape index (κ1) is 31.7. The van der Waals surface area contributed by atoms with Crippen LogP contribution >= 0.6 is 0 Å². The van der Waals surface area contributed by atoms with Crippen LogP contribution in [0.5, 0.6) is 0 Å². The van der Waals surface area contributed by atoms with Gasteiger partial charge in [-0.05, 0) is 89.7 Å². The largest absolute Gasteiger partial charge is 0.456 e. The van der Waals surface area contributed by atoms with Gasteiger partial charge in [-0.2, -0.15) is 0 Å². The summed E-state index contributed by atoms with van der Waals surface area (Å²) in [7, 11) is 0. The summed E-state index contributed by atoms with van der Waals surface area (Å²) in [6.45, 7) is 0. The van der Waals surface area contributed by atoms with Gasteiger partial charge in [0.05, 0.1) is 0 Å².